The SMILES string of the molecule is C=C(C)CN1CCC(NC(=NCC(O)c2ccc(Cl)cc2)NCC)CC1.I. The van der Waals surface area contributed by atoms with Gasteiger partial charge in [0, 0.05) is 37.2 Å². The predicted molar refractivity (Wildman–Crippen MR) is 125 cm³/mol. The Balaban J connectivity index is 0.00000364. The molecule has 0 aromatic heterocycles. The average Bonchev–Trinajstić information content (AvgIpc) is 2.61. The highest BCUT2D eigenvalue weighted by Gasteiger charge is 2.20. The summed E-state index contributed by atoms with van der Waals surface area (Å²) in [6.07, 6.45) is 1.52. The largest absolute Gasteiger partial charge is 0.386 e. The van der Waals surface area contributed by atoms with Gasteiger partial charge in [-0.3, -0.25) is 9.89 Å². The molecule has 1 fully saturated rings. The van der Waals surface area contributed by atoms with Gasteiger partial charge in [0.2, 0.25) is 0 Å². The van der Waals surface area contributed by atoms with Crippen molar-refractivity contribution < 1.29 is 5.11 Å². The minimum absolute atomic E-state index is 0. The van der Waals surface area contributed by atoms with E-state index in [2.05, 4.69) is 34.0 Å². The molecule has 1 heterocycles. The fraction of sp³-hybridized carbons (Fsp3) is 0.550. The van der Waals surface area contributed by atoms with Crippen molar-refractivity contribution in [1.82, 2.24) is 15.5 Å². The molecule has 0 amide bonds. The number of hydrogen-bond donors (Lipinski definition) is 3. The van der Waals surface area contributed by atoms with Gasteiger partial charge in [0.05, 0.1) is 12.6 Å². The van der Waals surface area contributed by atoms with Crippen molar-refractivity contribution in [1.29, 1.82) is 0 Å². The molecule has 27 heavy (non-hydrogen) atoms. The first-order valence-electron chi connectivity index (χ1n) is 9.33. The van der Waals surface area contributed by atoms with Crippen LogP contribution in [-0.4, -0.2) is 54.7 Å². The number of piperidine rings is 1. The van der Waals surface area contributed by atoms with Gasteiger partial charge in [0.15, 0.2) is 5.96 Å². The summed E-state index contributed by atoms with van der Waals surface area (Å²) in [5.41, 5.74) is 2.03. The van der Waals surface area contributed by atoms with Crippen molar-refractivity contribution in [2.24, 2.45) is 4.99 Å². The van der Waals surface area contributed by atoms with E-state index in [0.29, 0.717) is 17.6 Å². The Morgan fingerprint density at radius 2 is 1.96 bits per heavy atom. The van der Waals surface area contributed by atoms with Gasteiger partial charge >= 0.3 is 0 Å². The van der Waals surface area contributed by atoms with Crippen molar-refractivity contribution in [2.75, 3.05) is 32.7 Å². The van der Waals surface area contributed by atoms with Crippen LogP contribution >= 0.6 is 35.6 Å². The molecule has 0 spiro atoms. The summed E-state index contributed by atoms with van der Waals surface area (Å²) in [4.78, 5) is 7.00. The average molecular weight is 507 g/mol. The van der Waals surface area contributed by atoms with Crippen molar-refractivity contribution in [3.05, 3.63) is 47.0 Å². The lowest BCUT2D eigenvalue weighted by atomic mass is 10.0. The molecule has 0 saturated carbocycles. The second-order valence-corrected chi connectivity index (χ2v) is 7.38. The second-order valence-electron chi connectivity index (χ2n) is 6.94. The lowest BCUT2D eigenvalue weighted by Gasteiger charge is -2.33. The molecule has 0 aliphatic carbocycles. The van der Waals surface area contributed by atoms with E-state index in [-0.39, 0.29) is 24.0 Å². The molecule has 152 valence electrons. The number of aliphatic imine (C=N–C) groups is 1. The third kappa shape index (κ3) is 8.81. The Morgan fingerprint density at radius 3 is 2.52 bits per heavy atom. The molecule has 5 nitrogen and oxygen atoms in total. The molecular weight excluding hydrogens is 475 g/mol. The van der Waals surface area contributed by atoms with Gasteiger partial charge in [-0.25, -0.2) is 0 Å². The zero-order valence-electron chi connectivity index (χ0n) is 16.2. The van der Waals surface area contributed by atoms with Crippen LogP contribution in [0.25, 0.3) is 0 Å². The van der Waals surface area contributed by atoms with Gasteiger partial charge in [-0.05, 0) is 44.4 Å². The minimum atomic E-state index is -0.639. The number of rotatable bonds is 7. The Bertz CT molecular complexity index is 601. The number of benzene rings is 1. The van der Waals surface area contributed by atoms with E-state index in [1.54, 1.807) is 12.1 Å². The highest BCUT2D eigenvalue weighted by molar-refractivity contribution is 14.0. The highest BCUT2D eigenvalue weighted by Crippen LogP contribution is 2.17. The maximum atomic E-state index is 10.3. The van der Waals surface area contributed by atoms with Crippen molar-refractivity contribution in [3.8, 4) is 0 Å². The minimum Gasteiger partial charge on any atom is -0.386 e. The van der Waals surface area contributed by atoms with Crippen molar-refractivity contribution in [2.45, 2.75) is 38.8 Å². The molecule has 3 N–H and O–H groups in total. The van der Waals surface area contributed by atoms with E-state index in [1.807, 2.05) is 19.1 Å². The number of aliphatic hydroxyl groups is 1. The zero-order valence-corrected chi connectivity index (χ0v) is 19.3. The number of likely N-dealkylation sites (tertiary alicyclic amines) is 1. The van der Waals surface area contributed by atoms with Gasteiger partial charge in [-0.2, -0.15) is 0 Å². The first-order valence-corrected chi connectivity index (χ1v) is 9.70. The molecule has 1 aliphatic heterocycles. The number of guanidine groups is 1. The summed E-state index contributed by atoms with van der Waals surface area (Å²) in [5.74, 6) is 0.763. The normalized spacial score (nSPS) is 17.1. The van der Waals surface area contributed by atoms with Crippen molar-refractivity contribution in [3.63, 3.8) is 0 Å². The Labute approximate surface area is 185 Å². The zero-order chi connectivity index (χ0) is 18.9. The van der Waals surface area contributed by atoms with Gasteiger partial charge in [0.1, 0.15) is 0 Å². The molecule has 0 radical (unpaired) electrons. The van der Waals surface area contributed by atoms with Crippen LogP contribution in [0.5, 0.6) is 0 Å². The first kappa shape index (κ1) is 24.2. The molecule has 0 bridgehead atoms. The van der Waals surface area contributed by atoms with Crippen LogP contribution in [0.15, 0.2) is 41.4 Å². The van der Waals surface area contributed by atoms with E-state index in [9.17, 15) is 5.11 Å². The van der Waals surface area contributed by atoms with Crippen LogP contribution < -0.4 is 10.6 Å². The van der Waals surface area contributed by atoms with Crippen LogP contribution in [0.3, 0.4) is 0 Å². The summed E-state index contributed by atoms with van der Waals surface area (Å²) in [5, 5.41) is 17.8. The van der Waals surface area contributed by atoms with E-state index in [4.69, 9.17) is 11.6 Å². The third-order valence-electron chi connectivity index (χ3n) is 4.44. The maximum absolute atomic E-state index is 10.3. The van der Waals surface area contributed by atoms with Crippen molar-refractivity contribution >= 4 is 41.5 Å². The lowest BCUT2D eigenvalue weighted by Crippen LogP contribution is -2.49. The number of hydrogen-bond acceptors (Lipinski definition) is 3. The fourth-order valence-electron chi connectivity index (χ4n) is 3.10. The van der Waals surface area contributed by atoms with Gasteiger partial charge in [-0.1, -0.05) is 35.9 Å². The van der Waals surface area contributed by atoms with Gasteiger partial charge in [-0.15, -0.1) is 24.0 Å². The highest BCUT2D eigenvalue weighted by atomic mass is 127. The standard InChI is InChI=1S/C20H31ClN4O.HI/c1-4-22-20(23-13-19(26)16-5-7-17(21)8-6-16)24-18-9-11-25(12-10-18)14-15(2)3;/h5-8,18-19,26H,2,4,9-14H2,1,3H3,(H2,22,23,24);1H. The van der Waals surface area contributed by atoms with Crippen LogP contribution in [0.1, 0.15) is 38.4 Å². The van der Waals surface area contributed by atoms with Crippen LogP contribution in [0, 0.1) is 0 Å². The second kappa shape index (κ2) is 12.6. The van der Waals surface area contributed by atoms with Crippen LogP contribution in [-0.2, 0) is 0 Å². The van der Waals surface area contributed by atoms with E-state index < -0.39 is 6.10 Å². The monoisotopic (exact) mass is 506 g/mol. The molecule has 1 atom stereocenters. The number of aliphatic hydroxyl groups excluding tert-OH is 1. The molecule has 2 rings (SSSR count). The first-order chi connectivity index (χ1) is 12.5. The summed E-state index contributed by atoms with van der Waals surface area (Å²) in [6, 6.07) is 7.64. The summed E-state index contributed by atoms with van der Waals surface area (Å²) >= 11 is 5.89. The Hall–Kier alpha value is -0.830. The fourth-order valence-corrected chi connectivity index (χ4v) is 3.22. The Kier molecular flexibility index (Phi) is 11.3. The van der Waals surface area contributed by atoms with E-state index in [0.717, 1.165) is 50.5 Å². The molecule has 1 aliphatic rings. The van der Waals surface area contributed by atoms with Crippen LogP contribution in [0.2, 0.25) is 5.02 Å². The number of nitrogens with one attached hydrogen (secondary N) is 2. The van der Waals surface area contributed by atoms with Crippen LogP contribution in [0.4, 0.5) is 0 Å². The topological polar surface area (TPSA) is 59.9 Å². The quantitative estimate of drug-likeness (QED) is 0.229. The smallest absolute Gasteiger partial charge is 0.191 e. The number of nitrogens with zero attached hydrogens (tertiary/aromatic N) is 2. The maximum Gasteiger partial charge on any atom is 0.191 e. The summed E-state index contributed by atoms with van der Waals surface area (Å²) in [6.45, 7) is 12.3. The van der Waals surface area contributed by atoms with E-state index in [1.165, 1.54) is 5.57 Å². The molecule has 7 heteroatoms. The van der Waals surface area contributed by atoms with Gasteiger partial charge in [0.25, 0.3) is 0 Å². The molecule has 1 aromatic rings. The lowest BCUT2D eigenvalue weighted by molar-refractivity contribution is 0.187. The predicted octanol–water partition coefficient (Wildman–Crippen LogP) is 3.59. The van der Waals surface area contributed by atoms with Gasteiger partial charge < -0.3 is 15.7 Å². The van der Waals surface area contributed by atoms with E-state index >= 15 is 0 Å². The molecular formula is C20H32ClIN4O. The number of halogens is 2. The molecule has 1 aromatic carbocycles. The molecule has 1 saturated heterocycles. The third-order valence-corrected chi connectivity index (χ3v) is 4.70. The summed E-state index contributed by atoms with van der Waals surface area (Å²) in [7, 11) is 0. The molecule has 1 unspecified atom stereocenters. The summed E-state index contributed by atoms with van der Waals surface area (Å²) < 4.78 is 0. The Morgan fingerprint density at radius 1 is 1.33 bits per heavy atom.